The quantitative estimate of drug-likeness (QED) is 0.742. The summed E-state index contributed by atoms with van der Waals surface area (Å²) in [5.41, 5.74) is 7.43. The van der Waals surface area contributed by atoms with Crippen molar-refractivity contribution in [1.29, 1.82) is 0 Å². The molecule has 0 aromatic carbocycles. The SMILES string of the molecule is CCCC(COC)Nc1nc(C)ccc1C(N)=S. The van der Waals surface area contributed by atoms with Crippen LogP contribution >= 0.6 is 12.2 Å². The van der Waals surface area contributed by atoms with E-state index in [9.17, 15) is 0 Å². The number of methoxy groups -OCH3 is 1. The van der Waals surface area contributed by atoms with E-state index in [1.54, 1.807) is 7.11 Å². The van der Waals surface area contributed by atoms with Crippen LogP contribution in [0.5, 0.6) is 0 Å². The average Bonchev–Trinajstić information content (AvgIpc) is 2.29. The minimum Gasteiger partial charge on any atom is -0.389 e. The lowest BCUT2D eigenvalue weighted by Crippen LogP contribution is -2.27. The number of aromatic nitrogens is 1. The summed E-state index contributed by atoms with van der Waals surface area (Å²) < 4.78 is 5.20. The molecule has 0 aliphatic rings. The van der Waals surface area contributed by atoms with Crippen molar-refractivity contribution in [2.45, 2.75) is 32.7 Å². The van der Waals surface area contributed by atoms with Gasteiger partial charge in [0.05, 0.1) is 18.2 Å². The Morgan fingerprint density at radius 2 is 2.28 bits per heavy atom. The van der Waals surface area contributed by atoms with E-state index in [2.05, 4.69) is 17.2 Å². The summed E-state index contributed by atoms with van der Waals surface area (Å²) in [6.45, 7) is 4.72. The van der Waals surface area contributed by atoms with Crippen LogP contribution in [0.4, 0.5) is 5.82 Å². The first-order valence-electron chi connectivity index (χ1n) is 6.11. The molecule has 0 amide bonds. The van der Waals surface area contributed by atoms with Gasteiger partial charge in [-0.25, -0.2) is 4.98 Å². The Balaban J connectivity index is 2.92. The largest absolute Gasteiger partial charge is 0.389 e. The standard InChI is InChI=1S/C13H21N3OS/c1-4-5-10(8-17-3)16-13-11(12(14)18)7-6-9(2)15-13/h6-7,10H,4-5,8H2,1-3H3,(H2,14,18)(H,15,16). The maximum Gasteiger partial charge on any atom is 0.136 e. The van der Waals surface area contributed by atoms with Gasteiger partial charge in [0, 0.05) is 12.8 Å². The topological polar surface area (TPSA) is 60.2 Å². The normalized spacial score (nSPS) is 12.2. The third-order valence-corrected chi connectivity index (χ3v) is 2.87. The maximum atomic E-state index is 5.71. The molecule has 0 bridgehead atoms. The molecule has 3 N–H and O–H groups in total. The van der Waals surface area contributed by atoms with Crippen molar-refractivity contribution in [2.24, 2.45) is 5.73 Å². The number of rotatable bonds is 7. The van der Waals surface area contributed by atoms with Crippen LogP contribution in [0.3, 0.4) is 0 Å². The number of nitrogens with one attached hydrogen (secondary N) is 1. The van der Waals surface area contributed by atoms with Gasteiger partial charge in [0.2, 0.25) is 0 Å². The Bertz CT molecular complexity index is 403. The fraction of sp³-hybridized carbons (Fsp3) is 0.538. The van der Waals surface area contributed by atoms with Crippen LogP contribution in [-0.4, -0.2) is 29.7 Å². The third kappa shape index (κ3) is 4.23. The van der Waals surface area contributed by atoms with Gasteiger partial charge in [-0.2, -0.15) is 0 Å². The van der Waals surface area contributed by atoms with Gasteiger partial charge in [-0.05, 0) is 25.5 Å². The molecule has 0 aliphatic heterocycles. The predicted molar refractivity (Wildman–Crippen MR) is 79.1 cm³/mol. The summed E-state index contributed by atoms with van der Waals surface area (Å²) in [7, 11) is 1.70. The molecule has 0 saturated carbocycles. The number of anilines is 1. The second kappa shape index (κ2) is 7.28. The summed E-state index contributed by atoms with van der Waals surface area (Å²) in [5.74, 6) is 0.748. The van der Waals surface area contributed by atoms with Gasteiger partial charge in [-0.1, -0.05) is 25.6 Å². The molecule has 1 unspecified atom stereocenters. The number of hydrogen-bond donors (Lipinski definition) is 2. The second-order valence-electron chi connectivity index (χ2n) is 4.30. The highest BCUT2D eigenvalue weighted by atomic mass is 32.1. The van der Waals surface area contributed by atoms with Crippen LogP contribution in [-0.2, 0) is 4.74 Å². The van der Waals surface area contributed by atoms with Gasteiger partial charge in [-0.3, -0.25) is 0 Å². The van der Waals surface area contributed by atoms with Crippen LogP contribution in [0.1, 0.15) is 31.0 Å². The lowest BCUT2D eigenvalue weighted by Gasteiger charge is -2.19. The fourth-order valence-corrected chi connectivity index (χ4v) is 1.97. The van der Waals surface area contributed by atoms with Crippen LogP contribution in [0.2, 0.25) is 0 Å². The van der Waals surface area contributed by atoms with Crippen LogP contribution in [0.25, 0.3) is 0 Å². The number of ether oxygens (including phenoxy) is 1. The smallest absolute Gasteiger partial charge is 0.136 e. The van der Waals surface area contributed by atoms with Crippen LogP contribution in [0.15, 0.2) is 12.1 Å². The zero-order valence-corrected chi connectivity index (χ0v) is 12.0. The molecule has 1 rings (SSSR count). The van der Waals surface area contributed by atoms with E-state index in [-0.39, 0.29) is 6.04 Å². The molecule has 5 heteroatoms. The molecule has 1 atom stereocenters. The fourth-order valence-electron chi connectivity index (χ4n) is 1.81. The van der Waals surface area contributed by atoms with Crippen molar-refractivity contribution in [3.8, 4) is 0 Å². The maximum absolute atomic E-state index is 5.71. The van der Waals surface area contributed by atoms with Gasteiger partial charge in [0.15, 0.2) is 0 Å². The van der Waals surface area contributed by atoms with Crippen molar-refractivity contribution < 1.29 is 4.74 Å². The van der Waals surface area contributed by atoms with E-state index in [4.69, 9.17) is 22.7 Å². The van der Waals surface area contributed by atoms with Gasteiger partial charge in [-0.15, -0.1) is 0 Å². The molecule has 18 heavy (non-hydrogen) atoms. The summed E-state index contributed by atoms with van der Waals surface area (Å²) in [4.78, 5) is 4.82. The lowest BCUT2D eigenvalue weighted by molar-refractivity contribution is 0.182. The zero-order chi connectivity index (χ0) is 13.5. The molecule has 0 saturated heterocycles. The monoisotopic (exact) mass is 267 g/mol. The first-order chi connectivity index (χ1) is 8.58. The molecule has 4 nitrogen and oxygen atoms in total. The first kappa shape index (κ1) is 14.9. The number of pyridine rings is 1. The highest BCUT2D eigenvalue weighted by Crippen LogP contribution is 2.16. The van der Waals surface area contributed by atoms with Gasteiger partial charge < -0.3 is 15.8 Å². The number of nitrogens with zero attached hydrogens (tertiary/aromatic N) is 1. The highest BCUT2D eigenvalue weighted by Gasteiger charge is 2.12. The summed E-state index contributed by atoms with van der Waals surface area (Å²) >= 11 is 5.04. The summed E-state index contributed by atoms with van der Waals surface area (Å²) in [6.07, 6.45) is 2.09. The number of thiocarbonyl (C=S) groups is 1. The Labute approximate surface area is 114 Å². The molecule has 0 radical (unpaired) electrons. The number of aryl methyl sites for hydroxylation is 1. The van der Waals surface area contributed by atoms with Crippen LogP contribution < -0.4 is 11.1 Å². The minimum absolute atomic E-state index is 0.224. The van der Waals surface area contributed by atoms with Crippen molar-refractivity contribution in [2.75, 3.05) is 19.0 Å². The number of nitrogens with two attached hydrogens (primary N) is 1. The van der Waals surface area contributed by atoms with E-state index in [0.717, 1.165) is 29.9 Å². The number of hydrogen-bond acceptors (Lipinski definition) is 4. The van der Waals surface area contributed by atoms with E-state index >= 15 is 0 Å². The molecule has 1 aromatic heterocycles. The molecule has 1 aromatic rings. The van der Waals surface area contributed by atoms with Gasteiger partial charge >= 0.3 is 0 Å². The van der Waals surface area contributed by atoms with Gasteiger partial charge in [0.25, 0.3) is 0 Å². The van der Waals surface area contributed by atoms with Crippen LogP contribution in [0, 0.1) is 6.92 Å². The molecule has 100 valence electrons. The van der Waals surface area contributed by atoms with E-state index in [1.807, 2.05) is 19.1 Å². The summed E-state index contributed by atoms with van der Waals surface area (Å²) in [5, 5.41) is 3.37. The minimum atomic E-state index is 0.224. The van der Waals surface area contributed by atoms with E-state index < -0.39 is 0 Å². The lowest BCUT2D eigenvalue weighted by atomic mass is 10.1. The Morgan fingerprint density at radius 3 is 2.83 bits per heavy atom. The summed E-state index contributed by atoms with van der Waals surface area (Å²) in [6, 6.07) is 4.04. The second-order valence-corrected chi connectivity index (χ2v) is 4.74. The van der Waals surface area contributed by atoms with Crippen molar-refractivity contribution in [1.82, 2.24) is 4.98 Å². The molecular weight excluding hydrogens is 246 g/mol. The molecule has 1 heterocycles. The zero-order valence-electron chi connectivity index (χ0n) is 11.2. The molecule has 0 spiro atoms. The Morgan fingerprint density at radius 1 is 1.56 bits per heavy atom. The van der Waals surface area contributed by atoms with Gasteiger partial charge in [0.1, 0.15) is 10.8 Å². The molecular formula is C13H21N3OS. The highest BCUT2D eigenvalue weighted by molar-refractivity contribution is 7.80. The molecule has 0 aliphatic carbocycles. The van der Waals surface area contributed by atoms with Crippen molar-refractivity contribution in [3.05, 3.63) is 23.4 Å². The Kier molecular flexibility index (Phi) is 6.01. The van der Waals surface area contributed by atoms with Crippen molar-refractivity contribution in [3.63, 3.8) is 0 Å². The predicted octanol–water partition coefficient (Wildman–Crippen LogP) is 2.25. The molecule has 0 fully saturated rings. The Hall–Kier alpha value is -1.20. The van der Waals surface area contributed by atoms with E-state index in [0.29, 0.717) is 11.6 Å². The third-order valence-electron chi connectivity index (χ3n) is 2.65. The first-order valence-corrected chi connectivity index (χ1v) is 6.52. The van der Waals surface area contributed by atoms with Crippen molar-refractivity contribution >= 4 is 23.0 Å². The van der Waals surface area contributed by atoms with E-state index in [1.165, 1.54) is 0 Å². The average molecular weight is 267 g/mol.